The first-order valence-electron chi connectivity index (χ1n) is 5.31. The quantitative estimate of drug-likeness (QED) is 0.764. The highest BCUT2D eigenvalue weighted by Crippen LogP contribution is 2.08. The number of hydrazine groups is 1. The third-order valence-corrected chi connectivity index (χ3v) is 3.61. The van der Waals surface area contributed by atoms with Crippen molar-refractivity contribution < 1.29 is 13.2 Å². The number of rotatable bonds is 4. The van der Waals surface area contributed by atoms with Crippen LogP contribution in [0.5, 0.6) is 0 Å². The molecule has 1 aliphatic heterocycles. The fourth-order valence-electron chi connectivity index (χ4n) is 1.30. The van der Waals surface area contributed by atoms with E-state index < -0.39 is 15.9 Å². The summed E-state index contributed by atoms with van der Waals surface area (Å²) in [6.45, 7) is 1.88. The number of nitrogens with one attached hydrogen (secondary N) is 2. The Kier molecular flexibility index (Phi) is 3.67. The van der Waals surface area contributed by atoms with Gasteiger partial charge in [-0.1, -0.05) is 17.7 Å². The number of nitrogens with zero attached hydrogens (tertiary/aromatic N) is 3. The van der Waals surface area contributed by atoms with Crippen molar-refractivity contribution in [3.63, 3.8) is 0 Å². The number of hydrogen-bond acceptors (Lipinski definition) is 6. The highest BCUT2D eigenvalue weighted by Gasteiger charge is 2.18. The first-order valence-corrected chi connectivity index (χ1v) is 6.79. The number of amides is 1. The second-order valence-electron chi connectivity index (χ2n) is 3.81. The number of carbonyl (C=O) groups is 1. The summed E-state index contributed by atoms with van der Waals surface area (Å²) in [5.41, 5.74) is 3.03. The number of aryl methyl sites for hydroxylation is 1. The molecule has 1 heterocycles. The molecule has 0 bridgehead atoms. The monoisotopic (exact) mass is 281 g/mol. The third-order valence-electron chi connectivity index (χ3n) is 2.34. The maximum absolute atomic E-state index is 11.9. The van der Waals surface area contributed by atoms with Crippen LogP contribution in [0.4, 0.5) is 0 Å². The number of hydrogen-bond donors (Lipinski definition) is 2. The minimum atomic E-state index is -3.80. The molecule has 1 aromatic carbocycles. The van der Waals surface area contributed by atoms with Crippen molar-refractivity contribution in [2.24, 2.45) is 15.4 Å². The zero-order chi connectivity index (χ0) is 13.9. The van der Waals surface area contributed by atoms with E-state index in [1.165, 1.54) is 12.1 Å². The lowest BCUT2D eigenvalue weighted by Crippen LogP contribution is -2.45. The number of sulfonamides is 1. The van der Waals surface area contributed by atoms with Gasteiger partial charge < -0.3 is 0 Å². The van der Waals surface area contributed by atoms with Gasteiger partial charge in [0.15, 0.2) is 5.71 Å². The molecule has 100 valence electrons. The molecule has 0 saturated heterocycles. The van der Waals surface area contributed by atoms with E-state index in [1.807, 2.05) is 11.8 Å². The largest absolute Gasteiger partial charge is 0.284 e. The lowest BCUT2D eigenvalue weighted by atomic mass is 10.2. The van der Waals surface area contributed by atoms with Crippen molar-refractivity contribution in [2.75, 3.05) is 6.54 Å². The average molecular weight is 281 g/mol. The maximum Gasteiger partial charge on any atom is 0.284 e. The van der Waals surface area contributed by atoms with E-state index in [1.54, 1.807) is 12.1 Å². The first-order chi connectivity index (χ1) is 8.99. The normalized spacial score (nSPS) is 14.3. The molecular weight excluding hydrogens is 270 g/mol. The molecule has 2 N–H and O–H groups in total. The van der Waals surface area contributed by atoms with Crippen molar-refractivity contribution in [3.05, 3.63) is 29.8 Å². The van der Waals surface area contributed by atoms with Gasteiger partial charge in [-0.2, -0.15) is 5.11 Å². The van der Waals surface area contributed by atoms with Crippen molar-refractivity contribution in [3.8, 4) is 0 Å². The lowest BCUT2D eigenvalue weighted by molar-refractivity contribution is -0.115. The topological polar surface area (TPSA) is 112 Å². The summed E-state index contributed by atoms with van der Waals surface area (Å²) < 4.78 is 23.7. The summed E-state index contributed by atoms with van der Waals surface area (Å²) in [7, 11) is -3.80. The molecule has 1 aliphatic rings. The fraction of sp³-hybridized carbons (Fsp3) is 0.200. The second-order valence-corrected chi connectivity index (χ2v) is 5.49. The lowest BCUT2D eigenvalue weighted by Gasteiger charge is -2.07. The molecule has 0 spiro atoms. The van der Waals surface area contributed by atoms with Crippen LogP contribution in [0.1, 0.15) is 5.56 Å². The van der Waals surface area contributed by atoms with Crippen molar-refractivity contribution in [2.45, 2.75) is 11.8 Å². The zero-order valence-electron chi connectivity index (χ0n) is 9.99. The molecule has 1 aromatic rings. The molecule has 0 fully saturated rings. The van der Waals surface area contributed by atoms with Crippen LogP contribution < -0.4 is 10.3 Å². The number of benzene rings is 1. The van der Waals surface area contributed by atoms with Crippen LogP contribution in [0.15, 0.2) is 44.6 Å². The standard InChI is InChI=1S/C10H11N5O3S/c1-7-2-4-8(5-3-7)19(17,18)15-13-10(16)9-6-11-14-12-9/h2-5,15H,6H2,1H3,(H,13,16). The van der Waals surface area contributed by atoms with Gasteiger partial charge in [-0.05, 0) is 24.3 Å². The molecule has 9 heteroatoms. The first kappa shape index (κ1) is 13.3. The van der Waals surface area contributed by atoms with Gasteiger partial charge in [0.05, 0.1) is 4.90 Å². The van der Waals surface area contributed by atoms with Crippen molar-refractivity contribution >= 4 is 21.6 Å². The molecule has 19 heavy (non-hydrogen) atoms. The molecule has 0 radical (unpaired) electrons. The predicted octanol–water partition coefficient (Wildman–Crippen LogP) is 0.126. The molecule has 0 unspecified atom stereocenters. The van der Waals surface area contributed by atoms with E-state index in [-0.39, 0.29) is 17.2 Å². The summed E-state index contributed by atoms with van der Waals surface area (Å²) in [5, 5.41) is 10.2. The molecule has 8 nitrogen and oxygen atoms in total. The second kappa shape index (κ2) is 5.24. The molecular formula is C10H11N5O3S. The number of carbonyl (C=O) groups excluding carboxylic acids is 1. The molecule has 0 aliphatic carbocycles. The van der Waals surface area contributed by atoms with Crippen molar-refractivity contribution in [1.82, 2.24) is 10.3 Å². The van der Waals surface area contributed by atoms with Gasteiger partial charge in [0.2, 0.25) is 0 Å². The molecule has 1 amide bonds. The molecule has 0 aromatic heterocycles. The highest BCUT2D eigenvalue weighted by atomic mass is 32.2. The molecule has 0 saturated carbocycles. The maximum atomic E-state index is 11.9. The van der Waals surface area contributed by atoms with Crippen LogP contribution >= 0.6 is 0 Å². The molecule has 2 rings (SSSR count). The van der Waals surface area contributed by atoms with Gasteiger partial charge in [0, 0.05) is 0 Å². The van der Waals surface area contributed by atoms with E-state index in [4.69, 9.17) is 0 Å². The Hall–Kier alpha value is -2.13. The van der Waals surface area contributed by atoms with Crippen LogP contribution in [0.2, 0.25) is 0 Å². The van der Waals surface area contributed by atoms with Gasteiger partial charge in [0.25, 0.3) is 15.9 Å². The van der Waals surface area contributed by atoms with Crippen molar-refractivity contribution in [1.29, 1.82) is 0 Å². The Morgan fingerprint density at radius 1 is 1.26 bits per heavy atom. The Balaban J connectivity index is 2.02. The van der Waals surface area contributed by atoms with Gasteiger partial charge in [-0.3, -0.25) is 10.2 Å². The van der Waals surface area contributed by atoms with E-state index in [0.717, 1.165) is 5.56 Å². The summed E-state index contributed by atoms with van der Waals surface area (Å²) >= 11 is 0. The van der Waals surface area contributed by atoms with E-state index in [9.17, 15) is 13.2 Å². The third kappa shape index (κ3) is 3.20. The SMILES string of the molecule is Cc1ccc(S(=O)(=O)NNC(=O)C2=NN=NC2)cc1. The summed E-state index contributed by atoms with van der Waals surface area (Å²) in [4.78, 5) is 13.5. The van der Waals surface area contributed by atoms with Crippen LogP contribution in [0.25, 0.3) is 0 Å². The summed E-state index contributed by atoms with van der Waals surface area (Å²) in [5.74, 6) is -0.680. The van der Waals surface area contributed by atoms with Crippen LogP contribution in [-0.2, 0) is 14.8 Å². The zero-order valence-corrected chi connectivity index (χ0v) is 10.8. The minimum absolute atomic E-state index is 0.0398. The van der Waals surface area contributed by atoms with Gasteiger partial charge >= 0.3 is 0 Å². The van der Waals surface area contributed by atoms with Gasteiger partial charge in [-0.25, -0.2) is 8.42 Å². The van der Waals surface area contributed by atoms with E-state index in [2.05, 4.69) is 20.9 Å². The Morgan fingerprint density at radius 3 is 2.53 bits per heavy atom. The Morgan fingerprint density at radius 2 is 1.95 bits per heavy atom. The van der Waals surface area contributed by atoms with Crippen LogP contribution in [0, 0.1) is 6.92 Å². The Bertz CT molecular complexity index is 648. The minimum Gasteiger partial charge on any atom is -0.272 e. The molecule has 0 atom stereocenters. The Labute approximate surface area is 109 Å². The fourth-order valence-corrected chi connectivity index (χ4v) is 2.13. The van der Waals surface area contributed by atoms with E-state index >= 15 is 0 Å². The summed E-state index contributed by atoms with van der Waals surface area (Å²) in [6.07, 6.45) is 0. The average Bonchev–Trinajstić information content (AvgIpc) is 2.90. The smallest absolute Gasteiger partial charge is 0.272 e. The predicted molar refractivity (Wildman–Crippen MR) is 66.8 cm³/mol. The van der Waals surface area contributed by atoms with Crippen LogP contribution in [-0.4, -0.2) is 26.6 Å². The van der Waals surface area contributed by atoms with Gasteiger partial charge in [-0.15, -0.1) is 9.93 Å². The van der Waals surface area contributed by atoms with E-state index in [0.29, 0.717) is 0 Å². The summed E-state index contributed by atoms with van der Waals surface area (Å²) in [6, 6.07) is 6.22. The van der Waals surface area contributed by atoms with Crippen LogP contribution in [0.3, 0.4) is 0 Å². The van der Waals surface area contributed by atoms with Gasteiger partial charge in [0.1, 0.15) is 6.54 Å². The highest BCUT2D eigenvalue weighted by molar-refractivity contribution is 7.89.